The normalized spacial score (nSPS) is 18.4. The molecule has 2 aliphatic rings. The number of fused-ring (bicyclic) bond motifs is 2. The molecule has 0 N–H and O–H groups in total. The van der Waals surface area contributed by atoms with Gasteiger partial charge in [0.25, 0.3) is 5.91 Å². The molecule has 1 unspecified atom stereocenters. The van der Waals surface area contributed by atoms with Crippen LogP contribution in [0.1, 0.15) is 18.9 Å². The molecule has 1 atom stereocenters. The van der Waals surface area contributed by atoms with Crippen LogP contribution in [0.15, 0.2) is 42.5 Å². The van der Waals surface area contributed by atoms with Crippen molar-refractivity contribution in [2.24, 2.45) is 0 Å². The number of anilines is 1. The van der Waals surface area contributed by atoms with Crippen molar-refractivity contribution < 1.29 is 19.0 Å². The summed E-state index contributed by atoms with van der Waals surface area (Å²) in [6.45, 7) is 7.25. The lowest BCUT2D eigenvalue weighted by Crippen LogP contribution is -2.47. The predicted octanol–water partition coefficient (Wildman–Crippen LogP) is 3.75. The largest absolute Gasteiger partial charge is 0.485 e. The van der Waals surface area contributed by atoms with E-state index in [2.05, 4.69) is 24.0 Å². The monoisotopic (exact) mass is 467 g/mol. The van der Waals surface area contributed by atoms with Gasteiger partial charge in [-0.25, -0.2) is 4.98 Å². The number of benzene rings is 2. The smallest absolute Gasteiger partial charge is 0.273 e. The summed E-state index contributed by atoms with van der Waals surface area (Å²) in [6, 6.07) is 13.8. The van der Waals surface area contributed by atoms with Crippen LogP contribution in [-0.2, 0) is 16.0 Å². The van der Waals surface area contributed by atoms with Gasteiger partial charge in [-0.05, 0) is 42.7 Å². The quantitative estimate of drug-likeness (QED) is 0.527. The second-order valence-electron chi connectivity index (χ2n) is 8.31. The standard InChI is InChI=1S/C25H29N3O4S/c1-2-18-8-9-19-23(16-18)33-25(26-19)28(11-5-10-27-12-14-30-15-13-27)24(29)22-17-31-20-6-3-4-7-21(20)32-22/h3-4,6-9,16,22H,2,5,10-15,17H2,1H3. The van der Waals surface area contributed by atoms with Crippen molar-refractivity contribution in [1.82, 2.24) is 9.88 Å². The number of nitrogens with zero attached hydrogens (tertiary/aromatic N) is 3. The van der Waals surface area contributed by atoms with Crippen molar-refractivity contribution in [1.29, 1.82) is 0 Å². The number of hydrogen-bond acceptors (Lipinski definition) is 7. The summed E-state index contributed by atoms with van der Waals surface area (Å²) >= 11 is 1.56. The molecule has 1 fully saturated rings. The Bertz CT molecular complexity index is 1110. The van der Waals surface area contributed by atoms with E-state index in [9.17, 15) is 4.79 Å². The number of carbonyl (C=O) groups excluding carboxylic acids is 1. The number of hydrogen-bond donors (Lipinski definition) is 0. The van der Waals surface area contributed by atoms with E-state index in [1.54, 1.807) is 16.2 Å². The van der Waals surface area contributed by atoms with E-state index in [0.717, 1.165) is 55.9 Å². The minimum atomic E-state index is -0.693. The van der Waals surface area contributed by atoms with Crippen molar-refractivity contribution in [3.05, 3.63) is 48.0 Å². The number of para-hydroxylation sites is 2. The second kappa shape index (κ2) is 10.1. The van der Waals surface area contributed by atoms with Crippen LogP contribution in [0.5, 0.6) is 11.5 Å². The highest BCUT2D eigenvalue weighted by Gasteiger charge is 2.33. The number of aromatic nitrogens is 1. The third-order valence-corrected chi connectivity index (χ3v) is 7.13. The molecule has 2 aliphatic heterocycles. The molecule has 7 nitrogen and oxygen atoms in total. The zero-order valence-electron chi connectivity index (χ0n) is 18.9. The molecule has 8 heteroatoms. The zero-order chi connectivity index (χ0) is 22.6. The first-order chi connectivity index (χ1) is 16.2. The van der Waals surface area contributed by atoms with Crippen LogP contribution in [0.3, 0.4) is 0 Å². The number of ether oxygens (including phenoxy) is 3. The third kappa shape index (κ3) is 4.98. The SMILES string of the molecule is CCc1ccc2nc(N(CCCN3CCOCC3)C(=O)C3COc4ccccc4O3)sc2c1. The Kier molecular flexibility index (Phi) is 6.75. The Morgan fingerprint density at radius 2 is 2.00 bits per heavy atom. The van der Waals surface area contributed by atoms with Gasteiger partial charge in [-0.2, -0.15) is 0 Å². The van der Waals surface area contributed by atoms with Crippen LogP contribution in [-0.4, -0.2) is 67.9 Å². The minimum Gasteiger partial charge on any atom is -0.485 e. The fraction of sp³-hybridized carbons (Fsp3) is 0.440. The summed E-state index contributed by atoms with van der Waals surface area (Å²) < 4.78 is 18.4. The molecule has 0 spiro atoms. The highest BCUT2D eigenvalue weighted by Crippen LogP contribution is 2.34. The fourth-order valence-electron chi connectivity index (χ4n) is 4.18. The van der Waals surface area contributed by atoms with E-state index in [4.69, 9.17) is 19.2 Å². The molecule has 3 heterocycles. The van der Waals surface area contributed by atoms with Gasteiger partial charge in [-0.1, -0.05) is 36.5 Å². The Balaban J connectivity index is 1.36. The number of rotatable bonds is 7. The molecule has 0 saturated carbocycles. The minimum absolute atomic E-state index is 0.110. The summed E-state index contributed by atoms with van der Waals surface area (Å²) in [7, 11) is 0. The van der Waals surface area contributed by atoms with Gasteiger partial charge < -0.3 is 14.2 Å². The first-order valence-electron chi connectivity index (χ1n) is 11.6. The molecule has 3 aromatic rings. The maximum Gasteiger partial charge on any atom is 0.273 e. The average Bonchev–Trinajstić information content (AvgIpc) is 3.29. The molecule has 0 bridgehead atoms. The summed E-state index contributed by atoms with van der Waals surface area (Å²) in [5.41, 5.74) is 2.19. The van der Waals surface area contributed by atoms with Crippen molar-refractivity contribution in [2.45, 2.75) is 25.9 Å². The van der Waals surface area contributed by atoms with E-state index in [-0.39, 0.29) is 12.5 Å². The molecule has 0 aliphatic carbocycles. The van der Waals surface area contributed by atoms with Crippen LogP contribution < -0.4 is 14.4 Å². The molecule has 174 valence electrons. The number of thiazole rings is 1. The van der Waals surface area contributed by atoms with E-state index in [1.807, 2.05) is 30.3 Å². The Hall–Kier alpha value is -2.68. The van der Waals surface area contributed by atoms with Crippen LogP contribution in [0, 0.1) is 0 Å². The van der Waals surface area contributed by atoms with Crippen LogP contribution >= 0.6 is 11.3 Å². The number of morpholine rings is 1. The Morgan fingerprint density at radius 3 is 2.82 bits per heavy atom. The molecule has 2 aromatic carbocycles. The summed E-state index contributed by atoms with van der Waals surface area (Å²) in [6.07, 6.45) is 1.13. The maximum absolute atomic E-state index is 13.6. The lowest BCUT2D eigenvalue weighted by molar-refractivity contribution is -0.127. The number of aryl methyl sites for hydroxylation is 1. The maximum atomic E-state index is 13.6. The van der Waals surface area contributed by atoms with Crippen molar-refractivity contribution in [2.75, 3.05) is 50.9 Å². The van der Waals surface area contributed by atoms with Gasteiger partial charge in [0, 0.05) is 26.2 Å². The van der Waals surface area contributed by atoms with Gasteiger partial charge in [0.1, 0.15) is 6.61 Å². The van der Waals surface area contributed by atoms with Gasteiger partial charge in [0.15, 0.2) is 16.6 Å². The van der Waals surface area contributed by atoms with Gasteiger partial charge >= 0.3 is 0 Å². The van der Waals surface area contributed by atoms with E-state index in [0.29, 0.717) is 23.2 Å². The molecule has 0 radical (unpaired) electrons. The van der Waals surface area contributed by atoms with Gasteiger partial charge in [-0.3, -0.25) is 14.6 Å². The highest BCUT2D eigenvalue weighted by atomic mass is 32.1. The van der Waals surface area contributed by atoms with E-state index >= 15 is 0 Å². The molecule has 1 saturated heterocycles. The molecule has 33 heavy (non-hydrogen) atoms. The second-order valence-corrected chi connectivity index (χ2v) is 9.32. The zero-order valence-corrected chi connectivity index (χ0v) is 19.7. The van der Waals surface area contributed by atoms with Gasteiger partial charge in [0.2, 0.25) is 6.10 Å². The van der Waals surface area contributed by atoms with Crippen LogP contribution in [0.25, 0.3) is 10.2 Å². The molecular formula is C25H29N3O4S. The topological polar surface area (TPSA) is 64.1 Å². The lowest BCUT2D eigenvalue weighted by Gasteiger charge is -2.31. The summed E-state index contributed by atoms with van der Waals surface area (Å²) in [5, 5.41) is 0.715. The van der Waals surface area contributed by atoms with Crippen LogP contribution in [0.4, 0.5) is 5.13 Å². The molecule has 1 amide bonds. The number of amides is 1. The van der Waals surface area contributed by atoms with E-state index in [1.165, 1.54) is 5.56 Å². The molecular weight excluding hydrogens is 438 g/mol. The highest BCUT2D eigenvalue weighted by molar-refractivity contribution is 7.22. The molecule has 5 rings (SSSR count). The predicted molar refractivity (Wildman–Crippen MR) is 130 cm³/mol. The fourth-order valence-corrected chi connectivity index (χ4v) is 5.25. The average molecular weight is 468 g/mol. The van der Waals surface area contributed by atoms with Gasteiger partial charge in [-0.15, -0.1) is 0 Å². The first kappa shape index (κ1) is 22.1. The molecule has 1 aromatic heterocycles. The number of carbonyl (C=O) groups is 1. The Labute approximate surface area is 197 Å². The first-order valence-corrected chi connectivity index (χ1v) is 12.4. The van der Waals surface area contributed by atoms with Crippen molar-refractivity contribution in [3.8, 4) is 11.5 Å². The van der Waals surface area contributed by atoms with Crippen LogP contribution in [0.2, 0.25) is 0 Å². The Morgan fingerprint density at radius 1 is 1.18 bits per heavy atom. The third-order valence-electron chi connectivity index (χ3n) is 6.09. The van der Waals surface area contributed by atoms with Crippen molar-refractivity contribution >= 4 is 32.6 Å². The summed E-state index contributed by atoms with van der Waals surface area (Å²) in [4.78, 5) is 22.6. The van der Waals surface area contributed by atoms with Crippen molar-refractivity contribution in [3.63, 3.8) is 0 Å². The van der Waals surface area contributed by atoms with Gasteiger partial charge in [0.05, 0.1) is 23.4 Å². The summed E-state index contributed by atoms with van der Waals surface area (Å²) in [5.74, 6) is 1.17. The van der Waals surface area contributed by atoms with E-state index < -0.39 is 6.10 Å². The lowest BCUT2D eigenvalue weighted by atomic mass is 10.2.